The molecule has 1 aromatic carbocycles. The first-order valence-electron chi connectivity index (χ1n) is 9.87. The summed E-state index contributed by atoms with van der Waals surface area (Å²) in [4.78, 5) is 16.2. The van der Waals surface area contributed by atoms with Crippen LogP contribution in [0.1, 0.15) is 19.3 Å². The number of benzene rings is 1. The fraction of sp³-hybridized carbons (Fsp3) is 0.450. The molecule has 11 heteroatoms. The molecule has 168 valence electrons. The quantitative estimate of drug-likeness (QED) is 0.764. The molecule has 0 saturated carbocycles. The number of anilines is 1. The number of ether oxygens (including phenoxy) is 1. The largest absolute Gasteiger partial charge is 0.573 e. The normalized spacial score (nSPS) is 19.6. The van der Waals surface area contributed by atoms with Crippen LogP contribution in [0.15, 0.2) is 52.3 Å². The molecule has 0 radical (unpaired) electrons. The fourth-order valence-electron chi connectivity index (χ4n) is 4.37. The lowest BCUT2D eigenvalue weighted by Crippen LogP contribution is -2.45. The van der Waals surface area contributed by atoms with Crippen LogP contribution in [0.5, 0.6) is 5.75 Å². The summed E-state index contributed by atoms with van der Waals surface area (Å²) < 4.78 is 67.9. The maximum Gasteiger partial charge on any atom is 0.573 e. The number of aromatic amines is 1. The predicted molar refractivity (Wildman–Crippen MR) is 107 cm³/mol. The van der Waals surface area contributed by atoms with Crippen molar-refractivity contribution in [3.05, 3.63) is 52.9 Å². The van der Waals surface area contributed by atoms with Crippen molar-refractivity contribution in [2.24, 2.45) is 5.41 Å². The number of hydrogen-bond acceptors (Lipinski definition) is 5. The van der Waals surface area contributed by atoms with Crippen molar-refractivity contribution in [1.29, 1.82) is 0 Å². The van der Waals surface area contributed by atoms with Gasteiger partial charge in [-0.1, -0.05) is 0 Å². The van der Waals surface area contributed by atoms with Gasteiger partial charge in [-0.3, -0.25) is 4.79 Å². The highest BCUT2D eigenvalue weighted by molar-refractivity contribution is 7.89. The summed E-state index contributed by atoms with van der Waals surface area (Å²) in [5.74, 6) is -0.264. The maximum atomic E-state index is 12.8. The molecule has 0 unspecified atom stereocenters. The van der Waals surface area contributed by atoms with E-state index in [1.807, 2.05) is 0 Å². The SMILES string of the molecule is O=c1[nH]cccc1S(=O)(=O)N1CCC2(CCN(c3ccc(OC(F)(F)F)cc3)C2)CC1. The van der Waals surface area contributed by atoms with Crippen molar-refractivity contribution in [2.75, 3.05) is 31.1 Å². The second-order valence-electron chi connectivity index (χ2n) is 7.98. The second kappa shape index (κ2) is 7.86. The molecule has 0 amide bonds. The van der Waals surface area contributed by atoms with Crippen LogP contribution in [-0.2, 0) is 10.0 Å². The lowest BCUT2D eigenvalue weighted by atomic mass is 9.78. The molecular weight excluding hydrogens is 435 g/mol. The molecule has 2 aliphatic rings. The van der Waals surface area contributed by atoms with Crippen molar-refractivity contribution < 1.29 is 26.3 Å². The second-order valence-corrected chi connectivity index (χ2v) is 9.89. The molecule has 1 aromatic heterocycles. The fourth-order valence-corrected chi connectivity index (χ4v) is 5.86. The summed E-state index contributed by atoms with van der Waals surface area (Å²) in [5, 5.41) is 0. The Kier molecular flexibility index (Phi) is 5.50. The number of pyridine rings is 1. The zero-order valence-electron chi connectivity index (χ0n) is 16.6. The molecule has 1 spiro atoms. The average molecular weight is 457 g/mol. The number of nitrogens with zero attached hydrogens (tertiary/aromatic N) is 2. The van der Waals surface area contributed by atoms with Crippen LogP contribution in [0, 0.1) is 5.41 Å². The molecule has 1 N–H and O–H groups in total. The molecule has 3 heterocycles. The summed E-state index contributed by atoms with van der Waals surface area (Å²) in [6.45, 7) is 2.09. The van der Waals surface area contributed by atoms with E-state index in [0.29, 0.717) is 32.5 Å². The minimum atomic E-state index is -4.72. The predicted octanol–water partition coefficient (Wildman–Crippen LogP) is 2.95. The van der Waals surface area contributed by atoms with Gasteiger partial charge in [0.2, 0.25) is 10.0 Å². The number of sulfonamides is 1. The van der Waals surface area contributed by atoms with E-state index < -0.39 is 21.9 Å². The number of rotatable bonds is 4. The standard InChI is InChI=1S/C20H22F3N3O4S/c21-20(22,23)30-16-5-3-15(4-6-16)25-11-7-19(14-25)8-12-26(13-9-19)31(28,29)17-2-1-10-24-18(17)27/h1-6,10H,7-9,11-14H2,(H,24,27). The number of nitrogens with one attached hydrogen (secondary N) is 1. The van der Waals surface area contributed by atoms with Gasteiger partial charge in [-0.25, -0.2) is 8.42 Å². The molecule has 0 atom stereocenters. The number of piperidine rings is 1. The van der Waals surface area contributed by atoms with Crippen molar-refractivity contribution in [2.45, 2.75) is 30.5 Å². The number of halogens is 3. The van der Waals surface area contributed by atoms with Crippen LogP contribution in [0.2, 0.25) is 0 Å². The van der Waals surface area contributed by atoms with E-state index in [9.17, 15) is 26.4 Å². The highest BCUT2D eigenvalue weighted by Crippen LogP contribution is 2.43. The number of hydrogen-bond donors (Lipinski definition) is 1. The third-order valence-electron chi connectivity index (χ3n) is 6.06. The van der Waals surface area contributed by atoms with E-state index in [0.717, 1.165) is 18.7 Å². The summed E-state index contributed by atoms with van der Waals surface area (Å²) in [7, 11) is -3.85. The highest BCUT2D eigenvalue weighted by Gasteiger charge is 2.43. The van der Waals surface area contributed by atoms with E-state index in [-0.39, 0.29) is 16.1 Å². The van der Waals surface area contributed by atoms with Gasteiger partial charge in [0.25, 0.3) is 5.56 Å². The summed E-state index contributed by atoms with van der Waals surface area (Å²) in [6, 6.07) is 8.57. The van der Waals surface area contributed by atoms with Crippen molar-refractivity contribution >= 4 is 15.7 Å². The van der Waals surface area contributed by atoms with E-state index in [1.165, 1.54) is 34.8 Å². The molecule has 2 aliphatic heterocycles. The van der Waals surface area contributed by atoms with Gasteiger partial charge in [0.1, 0.15) is 10.6 Å². The van der Waals surface area contributed by atoms with Gasteiger partial charge in [0.15, 0.2) is 0 Å². The number of H-pyrrole nitrogens is 1. The van der Waals surface area contributed by atoms with Crippen LogP contribution in [0.3, 0.4) is 0 Å². The Morgan fingerprint density at radius 1 is 1.00 bits per heavy atom. The minimum absolute atomic E-state index is 0.0593. The summed E-state index contributed by atoms with van der Waals surface area (Å²) >= 11 is 0. The minimum Gasteiger partial charge on any atom is -0.406 e. The molecule has 31 heavy (non-hydrogen) atoms. The molecule has 2 aromatic rings. The first-order chi connectivity index (χ1) is 14.6. The monoisotopic (exact) mass is 457 g/mol. The van der Waals surface area contributed by atoms with Gasteiger partial charge < -0.3 is 14.6 Å². The van der Waals surface area contributed by atoms with Gasteiger partial charge in [0, 0.05) is 38.1 Å². The summed E-state index contributed by atoms with van der Waals surface area (Å²) in [5.41, 5.74) is 0.112. The Hall–Kier alpha value is -2.53. The van der Waals surface area contributed by atoms with Gasteiger partial charge in [-0.15, -0.1) is 13.2 Å². The first-order valence-corrected chi connectivity index (χ1v) is 11.3. The van der Waals surface area contributed by atoms with Crippen LogP contribution < -0.4 is 15.2 Å². The molecule has 0 bridgehead atoms. The zero-order chi connectivity index (χ0) is 22.3. The van der Waals surface area contributed by atoms with Crippen LogP contribution in [0.25, 0.3) is 0 Å². The van der Waals surface area contributed by atoms with Crippen LogP contribution in [-0.4, -0.2) is 50.2 Å². The van der Waals surface area contributed by atoms with E-state index >= 15 is 0 Å². The summed E-state index contributed by atoms with van der Waals surface area (Å²) in [6.07, 6.45) is -1.15. The maximum absolute atomic E-state index is 12.8. The smallest absolute Gasteiger partial charge is 0.406 e. The molecule has 2 fully saturated rings. The Morgan fingerprint density at radius 2 is 1.65 bits per heavy atom. The van der Waals surface area contributed by atoms with Crippen LogP contribution >= 0.6 is 0 Å². The Labute approximate surface area is 177 Å². The number of aromatic nitrogens is 1. The third kappa shape index (κ3) is 4.57. The van der Waals surface area contributed by atoms with E-state index in [4.69, 9.17) is 0 Å². The van der Waals surface area contributed by atoms with Gasteiger partial charge in [-0.2, -0.15) is 4.31 Å². The molecule has 0 aliphatic carbocycles. The van der Waals surface area contributed by atoms with Crippen molar-refractivity contribution in [3.8, 4) is 5.75 Å². The molecule has 4 rings (SSSR count). The lowest BCUT2D eigenvalue weighted by Gasteiger charge is -2.38. The van der Waals surface area contributed by atoms with Crippen molar-refractivity contribution in [3.63, 3.8) is 0 Å². The van der Waals surface area contributed by atoms with E-state index in [2.05, 4.69) is 14.6 Å². The van der Waals surface area contributed by atoms with Gasteiger partial charge in [0.05, 0.1) is 0 Å². The Morgan fingerprint density at radius 3 is 2.26 bits per heavy atom. The van der Waals surface area contributed by atoms with Crippen LogP contribution in [0.4, 0.5) is 18.9 Å². The van der Waals surface area contributed by atoms with E-state index in [1.54, 1.807) is 12.1 Å². The Balaban J connectivity index is 1.40. The lowest BCUT2D eigenvalue weighted by molar-refractivity contribution is -0.274. The molecular formula is C20H22F3N3O4S. The Bertz CT molecular complexity index is 1090. The molecule has 7 nitrogen and oxygen atoms in total. The first kappa shape index (κ1) is 21.7. The van der Waals surface area contributed by atoms with Crippen molar-refractivity contribution in [1.82, 2.24) is 9.29 Å². The molecule has 2 saturated heterocycles. The van der Waals surface area contributed by atoms with Gasteiger partial charge >= 0.3 is 6.36 Å². The zero-order valence-corrected chi connectivity index (χ0v) is 17.4. The van der Waals surface area contributed by atoms with Gasteiger partial charge in [-0.05, 0) is 61.1 Å². The highest BCUT2D eigenvalue weighted by atomic mass is 32.2. The third-order valence-corrected chi connectivity index (χ3v) is 7.98. The number of alkyl halides is 3. The topological polar surface area (TPSA) is 82.7 Å². The average Bonchev–Trinajstić information content (AvgIpc) is 3.11.